The lowest BCUT2D eigenvalue weighted by molar-refractivity contribution is -0.0602. The summed E-state index contributed by atoms with van der Waals surface area (Å²) in [5.41, 5.74) is 7.16. The van der Waals surface area contributed by atoms with Crippen LogP contribution in [0.4, 0.5) is 0 Å². The lowest BCUT2D eigenvalue weighted by Crippen LogP contribution is -2.49. The molecule has 5 heteroatoms. The van der Waals surface area contributed by atoms with Crippen molar-refractivity contribution in [2.75, 3.05) is 19.7 Å². The molecule has 0 spiro atoms. The predicted molar refractivity (Wildman–Crippen MR) is 64.5 cm³/mol. The normalized spacial score (nSPS) is 31.4. The Labute approximate surface area is 102 Å². The van der Waals surface area contributed by atoms with Crippen molar-refractivity contribution in [2.45, 2.75) is 31.0 Å². The van der Waals surface area contributed by atoms with E-state index in [1.54, 1.807) is 4.68 Å². The Hall–Kier alpha value is -0.910. The number of ether oxygens (including phenoxy) is 1. The second kappa shape index (κ2) is 4.40. The van der Waals surface area contributed by atoms with E-state index in [1.165, 1.54) is 19.4 Å². The van der Waals surface area contributed by atoms with Crippen molar-refractivity contribution < 1.29 is 4.74 Å². The molecule has 0 aliphatic carbocycles. The summed E-state index contributed by atoms with van der Waals surface area (Å²) in [5, 5.41) is 4.36. The summed E-state index contributed by atoms with van der Waals surface area (Å²) in [6, 6.07) is 2.49. The molecule has 3 rings (SSSR count). The van der Waals surface area contributed by atoms with Crippen molar-refractivity contribution in [3.63, 3.8) is 0 Å². The van der Waals surface area contributed by atoms with Crippen LogP contribution in [0.1, 0.15) is 24.6 Å². The molecular weight excluding hydrogens is 216 g/mol. The van der Waals surface area contributed by atoms with E-state index >= 15 is 0 Å². The van der Waals surface area contributed by atoms with Gasteiger partial charge in [-0.05, 0) is 25.5 Å². The van der Waals surface area contributed by atoms with Crippen LogP contribution in [0.2, 0.25) is 0 Å². The van der Waals surface area contributed by atoms with E-state index in [1.807, 2.05) is 19.3 Å². The smallest absolute Gasteiger partial charge is 0.0911 e. The molecule has 2 saturated heterocycles. The molecule has 2 fully saturated rings. The van der Waals surface area contributed by atoms with Crippen molar-refractivity contribution in [3.05, 3.63) is 18.0 Å². The standard InChI is InChI=1S/C12H20N4O/c1-15-6-4-10(14-15)12(13)11-7-16-5-2-3-9(16)8-17-11/h4,6,9,11-12H,2-3,5,7-8,13H2,1H3. The molecule has 0 radical (unpaired) electrons. The summed E-state index contributed by atoms with van der Waals surface area (Å²) in [5.74, 6) is 0. The molecule has 0 bridgehead atoms. The first-order valence-electron chi connectivity index (χ1n) is 6.35. The first-order valence-corrected chi connectivity index (χ1v) is 6.35. The quantitative estimate of drug-likeness (QED) is 0.801. The first kappa shape index (κ1) is 11.2. The molecule has 5 nitrogen and oxygen atoms in total. The van der Waals surface area contributed by atoms with Gasteiger partial charge in [0.15, 0.2) is 0 Å². The van der Waals surface area contributed by atoms with Gasteiger partial charge in [0.2, 0.25) is 0 Å². The fraction of sp³-hybridized carbons (Fsp3) is 0.750. The van der Waals surface area contributed by atoms with Gasteiger partial charge in [0, 0.05) is 25.8 Å². The minimum atomic E-state index is -0.113. The molecule has 1 aromatic rings. The van der Waals surface area contributed by atoms with Gasteiger partial charge in [-0.2, -0.15) is 5.10 Å². The molecule has 0 saturated carbocycles. The Morgan fingerprint density at radius 3 is 3.24 bits per heavy atom. The average Bonchev–Trinajstić information content (AvgIpc) is 2.95. The number of nitrogens with zero attached hydrogens (tertiary/aromatic N) is 3. The van der Waals surface area contributed by atoms with Crippen LogP contribution in [-0.4, -0.2) is 46.5 Å². The van der Waals surface area contributed by atoms with Crippen LogP contribution in [0, 0.1) is 0 Å². The van der Waals surface area contributed by atoms with Crippen LogP contribution in [0.25, 0.3) is 0 Å². The van der Waals surface area contributed by atoms with Gasteiger partial charge < -0.3 is 10.5 Å². The Morgan fingerprint density at radius 1 is 1.59 bits per heavy atom. The molecule has 0 aromatic carbocycles. The number of aryl methyl sites for hydroxylation is 1. The first-order chi connectivity index (χ1) is 8.24. The van der Waals surface area contributed by atoms with Gasteiger partial charge >= 0.3 is 0 Å². The molecule has 3 unspecified atom stereocenters. The summed E-state index contributed by atoms with van der Waals surface area (Å²) >= 11 is 0. The van der Waals surface area contributed by atoms with E-state index < -0.39 is 0 Å². The van der Waals surface area contributed by atoms with E-state index in [4.69, 9.17) is 10.5 Å². The average molecular weight is 236 g/mol. The number of aromatic nitrogens is 2. The fourth-order valence-corrected chi connectivity index (χ4v) is 2.86. The molecule has 17 heavy (non-hydrogen) atoms. The SMILES string of the molecule is Cn1ccc(C(N)C2CN3CCCC3CO2)n1. The number of fused-ring (bicyclic) bond motifs is 1. The van der Waals surface area contributed by atoms with Crippen molar-refractivity contribution >= 4 is 0 Å². The van der Waals surface area contributed by atoms with Gasteiger partial charge in [-0.15, -0.1) is 0 Å². The Bertz CT molecular complexity index is 392. The number of morpholine rings is 1. The van der Waals surface area contributed by atoms with Gasteiger partial charge in [0.1, 0.15) is 0 Å². The maximum Gasteiger partial charge on any atom is 0.0911 e. The van der Waals surface area contributed by atoms with E-state index in [-0.39, 0.29) is 12.1 Å². The largest absolute Gasteiger partial charge is 0.373 e. The maximum atomic E-state index is 6.24. The highest BCUT2D eigenvalue weighted by atomic mass is 16.5. The Balaban J connectivity index is 1.68. The topological polar surface area (TPSA) is 56.3 Å². The number of hydrogen-bond acceptors (Lipinski definition) is 4. The molecule has 94 valence electrons. The molecule has 3 heterocycles. The highest BCUT2D eigenvalue weighted by Gasteiger charge is 2.35. The fourth-order valence-electron chi connectivity index (χ4n) is 2.86. The Kier molecular flexibility index (Phi) is 2.90. The molecule has 1 aromatic heterocycles. The van der Waals surface area contributed by atoms with Crippen LogP contribution in [0.5, 0.6) is 0 Å². The zero-order valence-electron chi connectivity index (χ0n) is 10.2. The summed E-state index contributed by atoms with van der Waals surface area (Å²) in [6.07, 6.45) is 4.57. The zero-order valence-corrected chi connectivity index (χ0v) is 10.2. The third-order valence-corrected chi connectivity index (χ3v) is 3.89. The van der Waals surface area contributed by atoms with Crippen LogP contribution >= 0.6 is 0 Å². The van der Waals surface area contributed by atoms with Gasteiger partial charge in [-0.1, -0.05) is 0 Å². The second-order valence-electron chi connectivity index (χ2n) is 5.10. The molecule has 3 atom stereocenters. The third-order valence-electron chi connectivity index (χ3n) is 3.89. The van der Waals surface area contributed by atoms with E-state index in [9.17, 15) is 0 Å². The second-order valence-corrected chi connectivity index (χ2v) is 5.10. The molecule has 0 amide bonds. The van der Waals surface area contributed by atoms with Crippen molar-refractivity contribution in [1.82, 2.24) is 14.7 Å². The molecule has 2 aliphatic rings. The van der Waals surface area contributed by atoms with Gasteiger partial charge in [0.25, 0.3) is 0 Å². The van der Waals surface area contributed by atoms with E-state index in [0.29, 0.717) is 6.04 Å². The maximum absolute atomic E-state index is 6.24. The number of hydrogen-bond donors (Lipinski definition) is 1. The van der Waals surface area contributed by atoms with Crippen LogP contribution in [-0.2, 0) is 11.8 Å². The lowest BCUT2D eigenvalue weighted by Gasteiger charge is -2.37. The summed E-state index contributed by atoms with van der Waals surface area (Å²) in [4.78, 5) is 2.51. The van der Waals surface area contributed by atoms with Gasteiger partial charge in [-0.3, -0.25) is 9.58 Å². The lowest BCUT2D eigenvalue weighted by atomic mass is 10.1. The highest BCUT2D eigenvalue weighted by Crippen LogP contribution is 2.26. The highest BCUT2D eigenvalue weighted by molar-refractivity contribution is 5.08. The van der Waals surface area contributed by atoms with Crippen molar-refractivity contribution in [3.8, 4) is 0 Å². The number of nitrogens with two attached hydrogens (primary N) is 1. The van der Waals surface area contributed by atoms with E-state index in [2.05, 4.69) is 10.00 Å². The van der Waals surface area contributed by atoms with Crippen molar-refractivity contribution in [1.29, 1.82) is 0 Å². The number of rotatable bonds is 2. The zero-order chi connectivity index (χ0) is 11.8. The van der Waals surface area contributed by atoms with Gasteiger partial charge in [-0.25, -0.2) is 0 Å². The van der Waals surface area contributed by atoms with E-state index in [0.717, 1.165) is 18.8 Å². The third kappa shape index (κ3) is 2.10. The molecular formula is C12H20N4O. The molecule has 2 N–H and O–H groups in total. The monoisotopic (exact) mass is 236 g/mol. The van der Waals surface area contributed by atoms with Gasteiger partial charge in [0.05, 0.1) is 24.4 Å². The van der Waals surface area contributed by atoms with Crippen LogP contribution in [0.15, 0.2) is 12.3 Å². The minimum absolute atomic E-state index is 0.0826. The minimum Gasteiger partial charge on any atom is -0.373 e. The van der Waals surface area contributed by atoms with Crippen LogP contribution in [0.3, 0.4) is 0 Å². The summed E-state index contributed by atoms with van der Waals surface area (Å²) in [6.45, 7) is 2.97. The van der Waals surface area contributed by atoms with Crippen molar-refractivity contribution in [2.24, 2.45) is 12.8 Å². The van der Waals surface area contributed by atoms with Crippen LogP contribution < -0.4 is 5.73 Å². The summed E-state index contributed by atoms with van der Waals surface area (Å²) in [7, 11) is 1.91. The summed E-state index contributed by atoms with van der Waals surface area (Å²) < 4.78 is 7.69. The predicted octanol–water partition coefficient (Wildman–Crippen LogP) is 0.283. The Morgan fingerprint density at radius 2 is 2.47 bits per heavy atom. The molecule has 2 aliphatic heterocycles.